The summed E-state index contributed by atoms with van der Waals surface area (Å²) < 4.78 is 32.7. The molecule has 0 amide bonds. The van der Waals surface area contributed by atoms with Gasteiger partial charge in [-0.05, 0) is 50.9 Å². The Labute approximate surface area is 136 Å². The molecule has 7 heteroatoms. The average molecular weight is 335 g/mol. The van der Waals surface area contributed by atoms with Gasteiger partial charge in [0.05, 0.1) is 11.1 Å². The first-order valence-electron chi connectivity index (χ1n) is 7.79. The molecule has 2 aromatic rings. The van der Waals surface area contributed by atoms with Gasteiger partial charge in [0, 0.05) is 6.54 Å². The number of rotatable bonds is 5. The Morgan fingerprint density at radius 3 is 2.57 bits per heavy atom. The second-order valence-electron chi connectivity index (χ2n) is 5.81. The third-order valence-electron chi connectivity index (χ3n) is 4.21. The molecule has 1 aliphatic heterocycles. The molecule has 1 aromatic heterocycles. The summed E-state index contributed by atoms with van der Waals surface area (Å²) in [6.45, 7) is 4.03. The van der Waals surface area contributed by atoms with Crippen molar-refractivity contribution in [1.29, 1.82) is 0 Å². The molecule has 1 saturated heterocycles. The summed E-state index contributed by atoms with van der Waals surface area (Å²) in [5, 5.41) is 7.06. The van der Waals surface area contributed by atoms with Crippen molar-refractivity contribution in [3.63, 3.8) is 0 Å². The summed E-state index contributed by atoms with van der Waals surface area (Å²) >= 11 is 0. The topological polar surface area (TPSA) is 75.4 Å². The fraction of sp³-hybridized carbons (Fsp3) is 0.438. The zero-order chi connectivity index (χ0) is 16.3. The average Bonchev–Trinajstić information content (AvgIpc) is 3.00. The number of hydrogen-bond donors (Lipinski definition) is 1. The highest BCUT2D eigenvalue weighted by Crippen LogP contribution is 2.29. The molecule has 1 fully saturated rings. The maximum absolute atomic E-state index is 13.1. The SMILES string of the molecule is Cc1oncc1N(CC1CCNCC1)S(=O)(=O)c1ccccc1. The van der Waals surface area contributed by atoms with Gasteiger partial charge in [-0.2, -0.15) is 0 Å². The van der Waals surface area contributed by atoms with E-state index in [2.05, 4.69) is 10.5 Å². The summed E-state index contributed by atoms with van der Waals surface area (Å²) in [5.41, 5.74) is 0.521. The van der Waals surface area contributed by atoms with Crippen LogP contribution in [0.25, 0.3) is 0 Å². The van der Waals surface area contributed by atoms with Crippen LogP contribution in [-0.2, 0) is 10.0 Å². The Bertz CT molecular complexity index is 737. The number of benzene rings is 1. The van der Waals surface area contributed by atoms with Gasteiger partial charge in [0.1, 0.15) is 5.69 Å². The lowest BCUT2D eigenvalue weighted by Gasteiger charge is -2.30. The normalized spacial score (nSPS) is 16.4. The second-order valence-corrected chi connectivity index (χ2v) is 7.67. The molecule has 3 rings (SSSR count). The Morgan fingerprint density at radius 1 is 1.26 bits per heavy atom. The minimum absolute atomic E-state index is 0.287. The van der Waals surface area contributed by atoms with Gasteiger partial charge < -0.3 is 9.84 Å². The number of hydrogen-bond acceptors (Lipinski definition) is 5. The predicted molar refractivity (Wildman–Crippen MR) is 87.8 cm³/mol. The van der Waals surface area contributed by atoms with Crippen LogP contribution in [0.15, 0.2) is 45.9 Å². The van der Waals surface area contributed by atoms with Crippen molar-refractivity contribution in [3.05, 3.63) is 42.3 Å². The Hall–Kier alpha value is -1.86. The highest BCUT2D eigenvalue weighted by Gasteiger charge is 2.30. The highest BCUT2D eigenvalue weighted by atomic mass is 32.2. The van der Waals surface area contributed by atoms with Gasteiger partial charge in [-0.15, -0.1) is 0 Å². The van der Waals surface area contributed by atoms with E-state index >= 15 is 0 Å². The van der Waals surface area contributed by atoms with Crippen molar-refractivity contribution in [2.45, 2.75) is 24.7 Å². The minimum Gasteiger partial charge on any atom is -0.359 e. The van der Waals surface area contributed by atoms with E-state index in [0.717, 1.165) is 25.9 Å². The number of aromatic nitrogens is 1. The number of nitrogens with one attached hydrogen (secondary N) is 1. The molecule has 0 bridgehead atoms. The van der Waals surface area contributed by atoms with Gasteiger partial charge in [0.15, 0.2) is 5.76 Å². The lowest BCUT2D eigenvalue weighted by molar-refractivity contribution is 0.380. The van der Waals surface area contributed by atoms with Crippen LogP contribution in [0.3, 0.4) is 0 Å². The minimum atomic E-state index is -3.63. The maximum Gasteiger partial charge on any atom is 0.264 e. The van der Waals surface area contributed by atoms with Crippen LogP contribution in [0, 0.1) is 12.8 Å². The van der Waals surface area contributed by atoms with Crippen LogP contribution in [-0.4, -0.2) is 33.2 Å². The molecule has 23 heavy (non-hydrogen) atoms. The number of piperidine rings is 1. The van der Waals surface area contributed by atoms with Crippen LogP contribution in [0.2, 0.25) is 0 Å². The first-order chi connectivity index (χ1) is 11.1. The van der Waals surface area contributed by atoms with E-state index in [0.29, 0.717) is 23.9 Å². The molecule has 0 spiro atoms. The molecule has 1 aromatic carbocycles. The third-order valence-corrected chi connectivity index (χ3v) is 6.00. The third kappa shape index (κ3) is 3.40. The molecule has 0 unspecified atom stereocenters. The van der Waals surface area contributed by atoms with Gasteiger partial charge >= 0.3 is 0 Å². The van der Waals surface area contributed by atoms with Gasteiger partial charge in [-0.1, -0.05) is 23.4 Å². The summed E-state index contributed by atoms with van der Waals surface area (Å²) in [6.07, 6.45) is 3.41. The molecule has 0 saturated carbocycles. The molecule has 2 heterocycles. The largest absolute Gasteiger partial charge is 0.359 e. The lowest BCUT2D eigenvalue weighted by atomic mass is 9.98. The second kappa shape index (κ2) is 6.72. The van der Waals surface area contributed by atoms with E-state index in [1.54, 1.807) is 37.3 Å². The number of sulfonamides is 1. The van der Waals surface area contributed by atoms with Crippen LogP contribution in [0.1, 0.15) is 18.6 Å². The van der Waals surface area contributed by atoms with E-state index in [1.165, 1.54) is 10.5 Å². The zero-order valence-electron chi connectivity index (χ0n) is 13.1. The van der Waals surface area contributed by atoms with Gasteiger partial charge in [-0.3, -0.25) is 4.31 Å². The lowest BCUT2D eigenvalue weighted by Crippen LogP contribution is -2.39. The Kier molecular flexibility index (Phi) is 4.68. The van der Waals surface area contributed by atoms with E-state index in [9.17, 15) is 8.42 Å². The number of aryl methyl sites for hydroxylation is 1. The van der Waals surface area contributed by atoms with Crippen molar-refractivity contribution in [1.82, 2.24) is 10.5 Å². The Balaban J connectivity index is 1.96. The summed E-state index contributed by atoms with van der Waals surface area (Å²) in [6, 6.07) is 8.51. The smallest absolute Gasteiger partial charge is 0.264 e. The van der Waals surface area contributed by atoms with Gasteiger partial charge in [0.25, 0.3) is 10.0 Å². The molecule has 1 aliphatic rings. The predicted octanol–water partition coefficient (Wildman–Crippen LogP) is 2.18. The van der Waals surface area contributed by atoms with Crippen molar-refractivity contribution < 1.29 is 12.9 Å². The van der Waals surface area contributed by atoms with Crippen molar-refractivity contribution in [3.8, 4) is 0 Å². The summed E-state index contributed by atoms with van der Waals surface area (Å²) in [7, 11) is -3.63. The quantitative estimate of drug-likeness (QED) is 0.906. The molecule has 6 nitrogen and oxygen atoms in total. The van der Waals surface area contributed by atoms with Crippen LogP contribution in [0.4, 0.5) is 5.69 Å². The molecule has 0 aliphatic carbocycles. The summed E-state index contributed by atoms with van der Waals surface area (Å²) in [5.74, 6) is 0.836. The van der Waals surface area contributed by atoms with E-state index in [-0.39, 0.29) is 4.90 Å². The first kappa shape index (κ1) is 16.0. The number of nitrogens with zero attached hydrogens (tertiary/aromatic N) is 2. The highest BCUT2D eigenvalue weighted by molar-refractivity contribution is 7.92. The van der Waals surface area contributed by atoms with E-state index < -0.39 is 10.0 Å². The van der Waals surface area contributed by atoms with E-state index in [1.807, 2.05) is 0 Å². The van der Waals surface area contributed by atoms with Crippen molar-refractivity contribution in [2.24, 2.45) is 5.92 Å². The zero-order valence-corrected chi connectivity index (χ0v) is 13.9. The first-order valence-corrected chi connectivity index (χ1v) is 9.23. The summed E-state index contributed by atoms with van der Waals surface area (Å²) in [4.78, 5) is 0.287. The molecule has 124 valence electrons. The fourth-order valence-electron chi connectivity index (χ4n) is 2.88. The van der Waals surface area contributed by atoms with Gasteiger partial charge in [0.2, 0.25) is 0 Å². The molecule has 0 radical (unpaired) electrons. The standard InChI is InChI=1S/C16H21N3O3S/c1-13-16(11-18-22-13)19(12-14-7-9-17-10-8-14)23(20,21)15-5-3-2-4-6-15/h2-6,11,14,17H,7-10,12H2,1H3. The van der Waals surface area contributed by atoms with Crippen molar-refractivity contribution in [2.75, 3.05) is 23.9 Å². The van der Waals surface area contributed by atoms with Crippen LogP contribution >= 0.6 is 0 Å². The van der Waals surface area contributed by atoms with Crippen LogP contribution in [0.5, 0.6) is 0 Å². The fourth-order valence-corrected chi connectivity index (χ4v) is 4.47. The van der Waals surface area contributed by atoms with Crippen LogP contribution < -0.4 is 9.62 Å². The van der Waals surface area contributed by atoms with E-state index in [4.69, 9.17) is 4.52 Å². The number of anilines is 1. The van der Waals surface area contributed by atoms with Crippen molar-refractivity contribution >= 4 is 15.7 Å². The molecule has 0 atom stereocenters. The molecule has 1 N–H and O–H groups in total. The Morgan fingerprint density at radius 2 is 1.96 bits per heavy atom. The maximum atomic E-state index is 13.1. The monoisotopic (exact) mass is 335 g/mol. The molecular formula is C16H21N3O3S. The molecular weight excluding hydrogens is 314 g/mol. The van der Waals surface area contributed by atoms with Gasteiger partial charge in [-0.25, -0.2) is 8.42 Å².